The van der Waals surface area contributed by atoms with Crippen LogP contribution < -0.4 is 20.9 Å². The van der Waals surface area contributed by atoms with Gasteiger partial charge in [0, 0.05) is 18.9 Å². The molecule has 3 rings (SSSR count). The first-order valence-corrected chi connectivity index (χ1v) is 8.33. The summed E-state index contributed by atoms with van der Waals surface area (Å²) in [5.74, 6) is 0.533. The quantitative estimate of drug-likeness (QED) is 0.696. The lowest BCUT2D eigenvalue weighted by atomic mass is 10.1. The lowest BCUT2D eigenvalue weighted by Gasteiger charge is -2.12. The number of aromatic nitrogens is 2. The van der Waals surface area contributed by atoms with Gasteiger partial charge in [-0.25, -0.2) is 14.8 Å². The minimum absolute atomic E-state index is 0.0759. The SMILES string of the molecule is CCn1ccnc1CNC(=O)C1CC(COc2ccccc2F)NN1. The molecular weight excluding hydrogens is 325 g/mol. The maximum Gasteiger partial charge on any atom is 0.238 e. The van der Waals surface area contributed by atoms with E-state index in [1.807, 2.05) is 17.7 Å². The van der Waals surface area contributed by atoms with Gasteiger partial charge in [0.05, 0.1) is 12.6 Å². The van der Waals surface area contributed by atoms with E-state index in [4.69, 9.17) is 4.74 Å². The number of ether oxygens (including phenoxy) is 1. The van der Waals surface area contributed by atoms with Crippen LogP contribution in [0.15, 0.2) is 36.7 Å². The number of para-hydroxylation sites is 1. The van der Waals surface area contributed by atoms with E-state index < -0.39 is 5.82 Å². The Hall–Kier alpha value is -2.45. The van der Waals surface area contributed by atoms with Crippen LogP contribution in [0.4, 0.5) is 4.39 Å². The summed E-state index contributed by atoms with van der Waals surface area (Å²) in [6.07, 6.45) is 4.16. The Morgan fingerprint density at radius 1 is 1.44 bits per heavy atom. The fourth-order valence-electron chi connectivity index (χ4n) is 2.74. The molecule has 1 amide bonds. The number of aryl methyl sites for hydroxylation is 1. The summed E-state index contributed by atoms with van der Waals surface area (Å²) < 4.78 is 21.0. The standard InChI is InChI=1S/C17H22FN5O2/c1-2-23-8-7-19-16(23)10-20-17(24)14-9-12(21-22-14)11-25-15-6-4-3-5-13(15)18/h3-8,12,14,21-22H,2,9-11H2,1H3,(H,20,24). The van der Waals surface area contributed by atoms with Gasteiger partial charge < -0.3 is 14.6 Å². The fourth-order valence-corrected chi connectivity index (χ4v) is 2.74. The smallest absolute Gasteiger partial charge is 0.238 e. The molecule has 1 fully saturated rings. The number of carbonyl (C=O) groups is 1. The third kappa shape index (κ3) is 4.34. The van der Waals surface area contributed by atoms with Gasteiger partial charge in [-0.2, -0.15) is 0 Å². The van der Waals surface area contributed by atoms with Crippen LogP contribution >= 0.6 is 0 Å². The minimum atomic E-state index is -0.394. The van der Waals surface area contributed by atoms with Crippen LogP contribution in [0.2, 0.25) is 0 Å². The molecule has 134 valence electrons. The van der Waals surface area contributed by atoms with Gasteiger partial charge in [-0.05, 0) is 25.5 Å². The highest BCUT2D eigenvalue weighted by molar-refractivity contribution is 5.81. The topological polar surface area (TPSA) is 80.2 Å². The zero-order valence-electron chi connectivity index (χ0n) is 14.0. The Morgan fingerprint density at radius 3 is 3.08 bits per heavy atom. The van der Waals surface area contributed by atoms with Crippen molar-refractivity contribution in [1.29, 1.82) is 0 Å². The van der Waals surface area contributed by atoms with Gasteiger partial charge in [0.15, 0.2) is 11.6 Å². The molecule has 1 aliphatic heterocycles. The molecule has 1 saturated heterocycles. The molecule has 0 spiro atoms. The molecule has 0 bridgehead atoms. The average molecular weight is 347 g/mol. The summed E-state index contributed by atoms with van der Waals surface area (Å²) in [7, 11) is 0. The summed E-state index contributed by atoms with van der Waals surface area (Å²) in [6.45, 7) is 3.49. The zero-order chi connectivity index (χ0) is 17.6. The maximum absolute atomic E-state index is 13.5. The molecule has 1 aromatic carbocycles. The van der Waals surface area contributed by atoms with Gasteiger partial charge in [0.1, 0.15) is 18.5 Å². The molecule has 2 heterocycles. The largest absolute Gasteiger partial charge is 0.489 e. The van der Waals surface area contributed by atoms with E-state index in [0.29, 0.717) is 13.0 Å². The second-order valence-electron chi connectivity index (χ2n) is 5.86. The van der Waals surface area contributed by atoms with Crippen LogP contribution in [0.5, 0.6) is 5.75 Å². The van der Waals surface area contributed by atoms with Gasteiger partial charge in [-0.1, -0.05) is 12.1 Å². The van der Waals surface area contributed by atoms with Gasteiger partial charge in [-0.3, -0.25) is 10.2 Å². The molecule has 1 aromatic heterocycles. The second kappa shape index (κ2) is 8.09. The highest BCUT2D eigenvalue weighted by atomic mass is 19.1. The summed E-state index contributed by atoms with van der Waals surface area (Å²) in [6, 6.07) is 5.83. The van der Waals surface area contributed by atoms with E-state index in [0.717, 1.165) is 12.4 Å². The predicted octanol–water partition coefficient (Wildman–Crippen LogP) is 0.972. The number of halogens is 1. The molecule has 2 unspecified atom stereocenters. The van der Waals surface area contributed by atoms with Crippen molar-refractivity contribution in [3.05, 3.63) is 48.3 Å². The van der Waals surface area contributed by atoms with Crippen LogP contribution in [0.1, 0.15) is 19.2 Å². The number of nitrogens with one attached hydrogen (secondary N) is 3. The highest BCUT2D eigenvalue weighted by Crippen LogP contribution is 2.16. The first-order valence-electron chi connectivity index (χ1n) is 8.33. The first-order chi connectivity index (χ1) is 12.2. The average Bonchev–Trinajstić information content (AvgIpc) is 3.28. The molecule has 25 heavy (non-hydrogen) atoms. The number of rotatable bonds is 7. The van der Waals surface area contributed by atoms with Crippen LogP contribution in [0, 0.1) is 5.82 Å². The third-order valence-corrected chi connectivity index (χ3v) is 4.14. The summed E-state index contributed by atoms with van der Waals surface area (Å²) in [5.41, 5.74) is 5.97. The van der Waals surface area contributed by atoms with Crippen LogP contribution in [0.3, 0.4) is 0 Å². The van der Waals surface area contributed by atoms with Crippen LogP contribution in [-0.2, 0) is 17.9 Å². The summed E-state index contributed by atoms with van der Waals surface area (Å²) in [4.78, 5) is 16.5. The lowest BCUT2D eigenvalue weighted by molar-refractivity contribution is -0.123. The van der Waals surface area contributed by atoms with Gasteiger partial charge in [0.2, 0.25) is 5.91 Å². The lowest BCUT2D eigenvalue weighted by Crippen LogP contribution is -2.43. The van der Waals surface area contributed by atoms with Gasteiger partial charge >= 0.3 is 0 Å². The number of hydrogen-bond donors (Lipinski definition) is 3. The second-order valence-corrected chi connectivity index (χ2v) is 5.86. The Kier molecular flexibility index (Phi) is 5.62. The Bertz CT molecular complexity index is 721. The van der Waals surface area contributed by atoms with Crippen LogP contribution in [-0.4, -0.2) is 34.1 Å². The zero-order valence-corrected chi connectivity index (χ0v) is 14.0. The Labute approximate surface area is 145 Å². The molecule has 1 aliphatic rings. The minimum Gasteiger partial charge on any atom is -0.489 e. The number of carbonyl (C=O) groups excluding carboxylic acids is 1. The van der Waals surface area contributed by atoms with Crippen molar-refractivity contribution in [2.24, 2.45) is 0 Å². The molecule has 3 N–H and O–H groups in total. The van der Waals surface area contributed by atoms with Crippen molar-refractivity contribution < 1.29 is 13.9 Å². The molecule has 7 nitrogen and oxygen atoms in total. The number of benzene rings is 1. The molecule has 0 radical (unpaired) electrons. The van der Waals surface area contributed by atoms with Crippen molar-refractivity contribution in [1.82, 2.24) is 25.7 Å². The number of nitrogens with zero attached hydrogens (tertiary/aromatic N) is 2. The van der Waals surface area contributed by atoms with E-state index in [1.165, 1.54) is 6.07 Å². The number of imidazole rings is 1. The molecule has 8 heteroatoms. The predicted molar refractivity (Wildman–Crippen MR) is 90.1 cm³/mol. The van der Waals surface area contributed by atoms with E-state index in [9.17, 15) is 9.18 Å². The molecule has 0 aliphatic carbocycles. The number of hydrazine groups is 1. The van der Waals surface area contributed by atoms with Crippen LogP contribution in [0.25, 0.3) is 0 Å². The van der Waals surface area contributed by atoms with E-state index >= 15 is 0 Å². The third-order valence-electron chi connectivity index (χ3n) is 4.14. The maximum atomic E-state index is 13.5. The van der Waals surface area contributed by atoms with Gasteiger partial charge in [0.25, 0.3) is 0 Å². The number of amides is 1. The van der Waals surface area contributed by atoms with Crippen molar-refractivity contribution >= 4 is 5.91 Å². The molecule has 2 aromatic rings. The van der Waals surface area contributed by atoms with Crippen molar-refractivity contribution in [3.63, 3.8) is 0 Å². The fraction of sp³-hybridized carbons (Fsp3) is 0.412. The Balaban J connectivity index is 1.44. The van der Waals surface area contributed by atoms with E-state index in [1.54, 1.807) is 24.4 Å². The number of hydrogen-bond acceptors (Lipinski definition) is 5. The first kappa shape index (κ1) is 17.4. The molecule has 2 atom stereocenters. The van der Waals surface area contributed by atoms with Gasteiger partial charge in [-0.15, -0.1) is 0 Å². The van der Waals surface area contributed by atoms with E-state index in [2.05, 4.69) is 21.2 Å². The van der Waals surface area contributed by atoms with Crippen molar-refractivity contribution in [2.75, 3.05) is 6.61 Å². The summed E-state index contributed by atoms with van der Waals surface area (Å²) >= 11 is 0. The van der Waals surface area contributed by atoms with Crippen molar-refractivity contribution in [3.8, 4) is 5.75 Å². The monoisotopic (exact) mass is 347 g/mol. The highest BCUT2D eigenvalue weighted by Gasteiger charge is 2.29. The van der Waals surface area contributed by atoms with E-state index in [-0.39, 0.29) is 30.3 Å². The Morgan fingerprint density at radius 2 is 2.28 bits per heavy atom. The molecular formula is C17H22FN5O2. The normalized spacial score (nSPS) is 19.8. The molecule has 0 saturated carbocycles. The van der Waals surface area contributed by atoms with Crippen molar-refractivity contribution in [2.45, 2.75) is 38.5 Å². The summed E-state index contributed by atoms with van der Waals surface area (Å²) in [5, 5.41) is 2.88.